The van der Waals surface area contributed by atoms with E-state index in [-0.39, 0.29) is 5.91 Å². The van der Waals surface area contributed by atoms with Gasteiger partial charge in [-0.25, -0.2) is 0 Å². The summed E-state index contributed by atoms with van der Waals surface area (Å²) >= 11 is 0. The summed E-state index contributed by atoms with van der Waals surface area (Å²) < 4.78 is 0. The number of carbonyl (C=O) groups is 1. The van der Waals surface area contributed by atoms with E-state index < -0.39 is 0 Å². The van der Waals surface area contributed by atoms with E-state index in [9.17, 15) is 4.79 Å². The number of aromatic nitrogens is 2. The molecule has 0 aliphatic heterocycles. The fourth-order valence-corrected chi connectivity index (χ4v) is 1.46. The molecule has 0 bridgehead atoms. The highest BCUT2D eigenvalue weighted by Gasteiger charge is 1.99. The summed E-state index contributed by atoms with van der Waals surface area (Å²) in [6.45, 7) is 2.12. The van der Waals surface area contributed by atoms with Crippen LogP contribution in [0.1, 0.15) is 12.5 Å². The minimum absolute atomic E-state index is 0.158. The summed E-state index contributed by atoms with van der Waals surface area (Å²) in [7, 11) is 0. The summed E-state index contributed by atoms with van der Waals surface area (Å²) in [5.41, 5.74) is 1.17. The second-order valence-electron chi connectivity index (χ2n) is 3.82. The van der Waals surface area contributed by atoms with E-state index in [0.717, 1.165) is 0 Å². The van der Waals surface area contributed by atoms with Gasteiger partial charge in [-0.3, -0.25) is 4.79 Å². The third-order valence-electron chi connectivity index (χ3n) is 2.29. The summed E-state index contributed by atoms with van der Waals surface area (Å²) in [6, 6.07) is 13.5. The Balaban J connectivity index is 1.92. The van der Waals surface area contributed by atoms with Crippen LogP contribution in [0, 0.1) is 0 Å². The number of benzene rings is 1. The van der Waals surface area contributed by atoms with Crippen LogP contribution >= 0.6 is 0 Å². The van der Waals surface area contributed by atoms with Gasteiger partial charge < -0.3 is 10.6 Å². The molecule has 0 spiro atoms. The van der Waals surface area contributed by atoms with Crippen LogP contribution in [0.2, 0.25) is 0 Å². The number of rotatable bonds is 4. The zero-order valence-electron chi connectivity index (χ0n) is 10.1. The molecule has 5 heteroatoms. The minimum Gasteiger partial charge on any atom is -0.365 e. The Bertz CT molecular complexity index is 510. The maximum absolute atomic E-state index is 10.8. The molecule has 0 saturated carbocycles. The lowest BCUT2D eigenvalue weighted by atomic mass is 10.2. The Morgan fingerprint density at radius 1 is 1.06 bits per heavy atom. The van der Waals surface area contributed by atoms with Crippen LogP contribution < -0.4 is 10.6 Å². The lowest BCUT2D eigenvalue weighted by molar-refractivity contribution is -0.114. The van der Waals surface area contributed by atoms with E-state index in [1.54, 1.807) is 12.1 Å². The molecule has 0 saturated heterocycles. The van der Waals surface area contributed by atoms with Crippen LogP contribution in [0.25, 0.3) is 0 Å². The van der Waals surface area contributed by atoms with Crippen molar-refractivity contribution in [3.05, 3.63) is 48.0 Å². The molecule has 0 aliphatic carbocycles. The van der Waals surface area contributed by atoms with Crippen LogP contribution in [-0.2, 0) is 11.3 Å². The lowest BCUT2D eigenvalue weighted by Crippen LogP contribution is -2.09. The lowest BCUT2D eigenvalue weighted by Gasteiger charge is -2.05. The molecule has 2 aromatic rings. The third kappa shape index (κ3) is 3.55. The molecule has 0 unspecified atom stereocenters. The summed E-state index contributed by atoms with van der Waals surface area (Å²) in [6.07, 6.45) is 0. The van der Waals surface area contributed by atoms with Crippen molar-refractivity contribution in [1.29, 1.82) is 0 Å². The molecule has 0 aliphatic rings. The number of hydrogen-bond acceptors (Lipinski definition) is 4. The Labute approximate surface area is 105 Å². The molecule has 5 nitrogen and oxygen atoms in total. The van der Waals surface area contributed by atoms with E-state index in [4.69, 9.17) is 0 Å². The number of amides is 1. The Kier molecular flexibility index (Phi) is 3.86. The van der Waals surface area contributed by atoms with E-state index in [1.807, 2.05) is 30.3 Å². The van der Waals surface area contributed by atoms with Crippen molar-refractivity contribution in [3.8, 4) is 0 Å². The van der Waals surface area contributed by atoms with Gasteiger partial charge in [0.1, 0.15) is 5.82 Å². The Hall–Kier alpha value is -2.43. The van der Waals surface area contributed by atoms with Gasteiger partial charge in [0.05, 0.1) is 0 Å². The SMILES string of the molecule is CC(=O)Nc1ccc(NCc2ccccc2)nn1. The largest absolute Gasteiger partial charge is 0.365 e. The van der Waals surface area contributed by atoms with Crippen molar-refractivity contribution < 1.29 is 4.79 Å². The van der Waals surface area contributed by atoms with E-state index in [1.165, 1.54) is 12.5 Å². The van der Waals surface area contributed by atoms with Crippen molar-refractivity contribution >= 4 is 17.5 Å². The molecule has 1 aromatic heterocycles. The molecule has 18 heavy (non-hydrogen) atoms. The molecule has 92 valence electrons. The van der Waals surface area contributed by atoms with Crippen LogP contribution in [0.5, 0.6) is 0 Å². The summed E-state index contributed by atoms with van der Waals surface area (Å²) in [4.78, 5) is 10.8. The Morgan fingerprint density at radius 2 is 1.72 bits per heavy atom. The highest BCUT2D eigenvalue weighted by molar-refractivity contribution is 5.87. The Morgan fingerprint density at radius 3 is 2.33 bits per heavy atom. The molecule has 0 fully saturated rings. The van der Waals surface area contributed by atoms with E-state index in [2.05, 4.69) is 20.8 Å². The fraction of sp³-hybridized carbons (Fsp3) is 0.154. The molecule has 2 rings (SSSR count). The van der Waals surface area contributed by atoms with Crippen LogP contribution in [0.15, 0.2) is 42.5 Å². The van der Waals surface area contributed by atoms with Crippen molar-refractivity contribution in [1.82, 2.24) is 10.2 Å². The molecule has 2 N–H and O–H groups in total. The van der Waals surface area contributed by atoms with Gasteiger partial charge in [-0.2, -0.15) is 0 Å². The quantitative estimate of drug-likeness (QED) is 0.861. The van der Waals surface area contributed by atoms with Gasteiger partial charge in [-0.15, -0.1) is 10.2 Å². The van der Waals surface area contributed by atoms with Gasteiger partial charge in [-0.05, 0) is 17.7 Å². The number of hydrogen-bond donors (Lipinski definition) is 2. The average Bonchev–Trinajstić information content (AvgIpc) is 2.38. The van der Waals surface area contributed by atoms with Crippen molar-refractivity contribution in [3.63, 3.8) is 0 Å². The second-order valence-corrected chi connectivity index (χ2v) is 3.82. The van der Waals surface area contributed by atoms with Gasteiger partial charge >= 0.3 is 0 Å². The van der Waals surface area contributed by atoms with E-state index in [0.29, 0.717) is 18.2 Å². The van der Waals surface area contributed by atoms with Gasteiger partial charge in [0.2, 0.25) is 5.91 Å². The first-order valence-electron chi connectivity index (χ1n) is 5.63. The number of nitrogens with zero attached hydrogens (tertiary/aromatic N) is 2. The predicted molar refractivity (Wildman–Crippen MR) is 70.1 cm³/mol. The number of nitrogens with one attached hydrogen (secondary N) is 2. The smallest absolute Gasteiger partial charge is 0.222 e. The fourth-order valence-electron chi connectivity index (χ4n) is 1.46. The van der Waals surface area contributed by atoms with Gasteiger partial charge in [-0.1, -0.05) is 30.3 Å². The first-order valence-corrected chi connectivity index (χ1v) is 5.63. The zero-order chi connectivity index (χ0) is 12.8. The molecule has 1 aromatic carbocycles. The van der Waals surface area contributed by atoms with Crippen LogP contribution in [0.4, 0.5) is 11.6 Å². The van der Waals surface area contributed by atoms with Gasteiger partial charge in [0.25, 0.3) is 0 Å². The molecular formula is C13H14N4O. The van der Waals surface area contributed by atoms with Gasteiger partial charge in [0, 0.05) is 13.5 Å². The second kappa shape index (κ2) is 5.77. The monoisotopic (exact) mass is 242 g/mol. The molecular weight excluding hydrogens is 228 g/mol. The number of anilines is 2. The van der Waals surface area contributed by atoms with Crippen molar-refractivity contribution in [2.75, 3.05) is 10.6 Å². The van der Waals surface area contributed by atoms with Crippen molar-refractivity contribution in [2.24, 2.45) is 0 Å². The average molecular weight is 242 g/mol. The highest BCUT2D eigenvalue weighted by atomic mass is 16.1. The van der Waals surface area contributed by atoms with Crippen LogP contribution in [-0.4, -0.2) is 16.1 Å². The first kappa shape index (κ1) is 12.0. The molecule has 0 radical (unpaired) electrons. The van der Waals surface area contributed by atoms with Gasteiger partial charge in [0.15, 0.2) is 5.82 Å². The summed E-state index contributed by atoms with van der Waals surface area (Å²) in [5.74, 6) is 0.968. The predicted octanol–water partition coefficient (Wildman–Crippen LogP) is 2.05. The standard InChI is InChI=1S/C13H14N4O/c1-10(18)15-13-8-7-12(16-17-13)14-9-11-5-3-2-4-6-11/h2-8H,9H2,1H3,(H,14,16)(H,15,17,18). The third-order valence-corrected chi connectivity index (χ3v) is 2.29. The topological polar surface area (TPSA) is 66.9 Å². The molecule has 1 heterocycles. The zero-order valence-corrected chi connectivity index (χ0v) is 10.1. The van der Waals surface area contributed by atoms with Crippen molar-refractivity contribution in [2.45, 2.75) is 13.5 Å². The van der Waals surface area contributed by atoms with Crippen LogP contribution in [0.3, 0.4) is 0 Å². The normalized spacial score (nSPS) is 9.83. The van der Waals surface area contributed by atoms with E-state index >= 15 is 0 Å². The highest BCUT2D eigenvalue weighted by Crippen LogP contribution is 2.08. The first-order chi connectivity index (χ1) is 8.74. The maximum Gasteiger partial charge on any atom is 0.222 e. The summed E-state index contributed by atoms with van der Waals surface area (Å²) in [5, 5.41) is 13.6. The molecule has 1 amide bonds. The number of carbonyl (C=O) groups excluding carboxylic acids is 1. The molecule has 0 atom stereocenters. The maximum atomic E-state index is 10.8. The minimum atomic E-state index is -0.158.